The van der Waals surface area contributed by atoms with E-state index in [-0.39, 0.29) is 11.7 Å². The molecule has 0 spiro atoms. The number of likely N-dealkylation sites (tertiary alicyclic amines) is 1. The van der Waals surface area contributed by atoms with Crippen LogP contribution in [-0.4, -0.2) is 82.3 Å². The second-order valence-electron chi connectivity index (χ2n) is 11.3. The Morgan fingerprint density at radius 3 is 2.35 bits per heavy atom. The van der Waals surface area contributed by atoms with E-state index < -0.39 is 0 Å². The molecule has 0 unspecified atom stereocenters. The van der Waals surface area contributed by atoms with Gasteiger partial charge in [-0.15, -0.1) is 0 Å². The van der Waals surface area contributed by atoms with Crippen molar-refractivity contribution < 1.29 is 23.4 Å². The fourth-order valence-corrected chi connectivity index (χ4v) is 6.54. The van der Waals surface area contributed by atoms with Gasteiger partial charge in [0.1, 0.15) is 11.6 Å². The highest BCUT2D eigenvalue weighted by molar-refractivity contribution is 5.90. The molecule has 230 valence electrons. The average Bonchev–Trinajstić information content (AvgIpc) is 3.04. The number of carbonyl (C=O) groups excluding carboxylic acids is 1. The maximum absolute atomic E-state index is 14.5. The third-order valence-electron chi connectivity index (χ3n) is 8.75. The highest BCUT2D eigenvalue weighted by Crippen LogP contribution is 2.34. The Morgan fingerprint density at radius 1 is 0.884 bits per heavy atom. The minimum absolute atomic E-state index is 0.0138. The largest absolute Gasteiger partial charge is 0.497 e. The molecule has 5 rings (SSSR count). The summed E-state index contributed by atoms with van der Waals surface area (Å²) in [4.78, 5) is 20.2. The molecule has 0 saturated carbocycles. The van der Waals surface area contributed by atoms with Gasteiger partial charge in [0.25, 0.3) is 0 Å². The smallest absolute Gasteiger partial charge is 0.224 e. The Morgan fingerprint density at radius 2 is 1.65 bits per heavy atom. The van der Waals surface area contributed by atoms with Crippen molar-refractivity contribution in [3.8, 4) is 17.2 Å². The summed E-state index contributed by atoms with van der Waals surface area (Å²) in [5, 5.41) is 3.04. The van der Waals surface area contributed by atoms with Gasteiger partial charge in [0.2, 0.25) is 5.91 Å². The Bertz CT molecular complexity index is 1350. The molecule has 3 aromatic carbocycles. The summed E-state index contributed by atoms with van der Waals surface area (Å²) in [6.45, 7) is 5.90. The van der Waals surface area contributed by atoms with Gasteiger partial charge in [-0.3, -0.25) is 14.6 Å². The summed E-state index contributed by atoms with van der Waals surface area (Å²) in [5.41, 5.74) is 2.53. The number of rotatable bonds is 11. The number of anilines is 2. The third kappa shape index (κ3) is 7.58. The van der Waals surface area contributed by atoms with Crippen LogP contribution in [0.3, 0.4) is 0 Å². The first-order chi connectivity index (χ1) is 21.0. The highest BCUT2D eigenvalue weighted by atomic mass is 19.1. The van der Waals surface area contributed by atoms with Gasteiger partial charge in [0.05, 0.1) is 27.0 Å². The third-order valence-corrected chi connectivity index (χ3v) is 8.75. The lowest BCUT2D eigenvalue weighted by Gasteiger charge is -2.47. The fourth-order valence-electron chi connectivity index (χ4n) is 6.54. The summed E-state index contributed by atoms with van der Waals surface area (Å²) in [7, 11) is 4.96. The van der Waals surface area contributed by atoms with Gasteiger partial charge in [-0.05, 0) is 67.8 Å². The van der Waals surface area contributed by atoms with Gasteiger partial charge in [-0.1, -0.05) is 24.3 Å². The van der Waals surface area contributed by atoms with Crippen molar-refractivity contribution in [2.45, 2.75) is 31.8 Å². The molecule has 2 heterocycles. The van der Waals surface area contributed by atoms with Crippen LogP contribution in [0.5, 0.6) is 17.2 Å². The van der Waals surface area contributed by atoms with Gasteiger partial charge < -0.3 is 24.4 Å². The number of piperidine rings is 1. The quantitative estimate of drug-likeness (QED) is 0.326. The molecule has 3 aromatic rings. The predicted octanol–water partition coefficient (Wildman–Crippen LogP) is 5.28. The summed E-state index contributed by atoms with van der Waals surface area (Å²) in [6, 6.07) is 20.8. The summed E-state index contributed by atoms with van der Waals surface area (Å²) in [6.07, 6.45) is 2.24. The van der Waals surface area contributed by atoms with Crippen LogP contribution in [0.1, 0.15) is 24.8 Å². The van der Waals surface area contributed by atoms with Gasteiger partial charge in [0, 0.05) is 63.0 Å². The highest BCUT2D eigenvalue weighted by Gasteiger charge is 2.35. The van der Waals surface area contributed by atoms with Crippen molar-refractivity contribution in [3.05, 3.63) is 78.1 Å². The van der Waals surface area contributed by atoms with Crippen LogP contribution in [0.15, 0.2) is 66.7 Å². The molecule has 2 atom stereocenters. The summed E-state index contributed by atoms with van der Waals surface area (Å²) < 4.78 is 30.9. The summed E-state index contributed by atoms with van der Waals surface area (Å²) >= 11 is 0. The van der Waals surface area contributed by atoms with E-state index in [0.717, 1.165) is 87.2 Å². The van der Waals surface area contributed by atoms with E-state index in [9.17, 15) is 9.18 Å². The molecular weight excluding hydrogens is 547 g/mol. The number of amides is 1. The number of piperazine rings is 1. The maximum Gasteiger partial charge on any atom is 0.224 e. The Balaban J connectivity index is 1.26. The lowest BCUT2D eigenvalue weighted by molar-refractivity contribution is -0.116. The Kier molecular flexibility index (Phi) is 10.4. The van der Waals surface area contributed by atoms with Gasteiger partial charge in [0.15, 0.2) is 11.5 Å². The zero-order valence-corrected chi connectivity index (χ0v) is 25.4. The molecule has 0 aromatic heterocycles. The molecule has 2 fully saturated rings. The van der Waals surface area contributed by atoms with Crippen LogP contribution >= 0.6 is 0 Å². The van der Waals surface area contributed by atoms with E-state index in [1.54, 1.807) is 27.4 Å². The van der Waals surface area contributed by atoms with Crippen LogP contribution in [-0.2, 0) is 11.3 Å². The Labute approximate surface area is 254 Å². The topological polar surface area (TPSA) is 66.5 Å². The molecule has 9 heteroatoms. The molecule has 2 aliphatic rings. The van der Waals surface area contributed by atoms with Crippen LogP contribution in [0.4, 0.5) is 15.8 Å². The summed E-state index contributed by atoms with van der Waals surface area (Å²) in [5.74, 6) is 2.41. The molecule has 43 heavy (non-hydrogen) atoms. The molecular formula is C34H43FN4O4. The number of hydrogen-bond donors (Lipinski definition) is 1. The number of nitrogens with one attached hydrogen (secondary N) is 1. The van der Waals surface area contributed by atoms with Crippen LogP contribution < -0.4 is 24.4 Å². The second kappa shape index (κ2) is 14.6. The molecule has 2 saturated heterocycles. The van der Waals surface area contributed by atoms with Crippen molar-refractivity contribution in [3.63, 3.8) is 0 Å². The van der Waals surface area contributed by atoms with Crippen LogP contribution in [0, 0.1) is 11.7 Å². The SMILES string of the molecule is COc1ccc(NC(=O)CC[C@H]2CN(Cc3cccc(OC)c3OC)CC[C@H]2N2CCN(c3ccccc3F)CC2)cc1. The minimum atomic E-state index is -0.169. The van der Waals surface area contributed by atoms with Crippen LogP contribution in [0.2, 0.25) is 0 Å². The van der Waals surface area contributed by atoms with Crippen molar-refractivity contribution in [1.29, 1.82) is 0 Å². The van der Waals surface area contributed by atoms with E-state index in [1.807, 2.05) is 48.5 Å². The molecule has 0 bridgehead atoms. The maximum atomic E-state index is 14.5. The Hall–Kier alpha value is -3.82. The molecule has 8 nitrogen and oxygen atoms in total. The average molecular weight is 591 g/mol. The molecule has 0 radical (unpaired) electrons. The second-order valence-corrected chi connectivity index (χ2v) is 11.3. The van der Waals surface area contributed by atoms with Crippen molar-refractivity contribution in [1.82, 2.24) is 9.80 Å². The van der Waals surface area contributed by atoms with E-state index in [1.165, 1.54) is 6.07 Å². The number of ether oxygens (including phenoxy) is 3. The van der Waals surface area contributed by atoms with E-state index in [0.29, 0.717) is 24.1 Å². The van der Waals surface area contributed by atoms with Crippen molar-refractivity contribution in [2.24, 2.45) is 5.92 Å². The van der Waals surface area contributed by atoms with Crippen molar-refractivity contribution >= 4 is 17.3 Å². The monoisotopic (exact) mass is 590 g/mol. The number of hydrogen-bond acceptors (Lipinski definition) is 7. The fraction of sp³-hybridized carbons (Fsp3) is 0.441. The number of para-hydroxylation sites is 2. The predicted molar refractivity (Wildman–Crippen MR) is 168 cm³/mol. The van der Waals surface area contributed by atoms with Gasteiger partial charge >= 0.3 is 0 Å². The zero-order chi connectivity index (χ0) is 30.2. The van der Waals surface area contributed by atoms with Gasteiger partial charge in [-0.2, -0.15) is 0 Å². The first-order valence-corrected chi connectivity index (χ1v) is 15.1. The minimum Gasteiger partial charge on any atom is -0.497 e. The molecule has 2 aliphatic heterocycles. The lowest BCUT2D eigenvalue weighted by atomic mass is 9.86. The zero-order valence-electron chi connectivity index (χ0n) is 25.4. The van der Waals surface area contributed by atoms with E-state index >= 15 is 0 Å². The standard InChI is InChI=1S/C34H43FN4O4/c1-41-28-14-12-27(13-15-28)36-33(40)16-11-25-23-37(24-26-7-6-10-32(42-2)34(26)43-3)18-17-30(25)38-19-21-39(22-20-38)31-9-5-4-8-29(31)35/h4-10,12-15,25,30H,11,16-24H2,1-3H3,(H,36,40)/t25-,30+/m0/s1. The molecule has 1 N–H and O–H groups in total. The first kappa shape index (κ1) is 30.6. The first-order valence-electron chi connectivity index (χ1n) is 15.1. The molecule has 0 aliphatic carbocycles. The van der Waals surface area contributed by atoms with Gasteiger partial charge in [-0.25, -0.2) is 4.39 Å². The number of methoxy groups -OCH3 is 3. The number of benzene rings is 3. The number of carbonyl (C=O) groups is 1. The lowest BCUT2D eigenvalue weighted by Crippen LogP contribution is -2.56. The normalized spacial score (nSPS) is 19.6. The number of halogens is 1. The van der Waals surface area contributed by atoms with E-state index in [2.05, 4.69) is 26.1 Å². The van der Waals surface area contributed by atoms with E-state index in [4.69, 9.17) is 14.2 Å². The van der Waals surface area contributed by atoms with Crippen LogP contribution in [0.25, 0.3) is 0 Å². The van der Waals surface area contributed by atoms with Crippen molar-refractivity contribution in [2.75, 3.05) is 70.8 Å². The number of nitrogens with zero attached hydrogens (tertiary/aromatic N) is 3. The molecule has 1 amide bonds.